The Labute approximate surface area is 166 Å². The monoisotopic (exact) mass is 399 g/mol. The highest BCUT2D eigenvalue weighted by atomic mass is 32.2. The Morgan fingerprint density at radius 2 is 2.04 bits per heavy atom. The molecule has 1 amide bonds. The van der Waals surface area contributed by atoms with Gasteiger partial charge in [-0.2, -0.15) is 0 Å². The molecule has 4 rings (SSSR count). The average Bonchev–Trinajstić information content (AvgIpc) is 3.26. The number of hydrogen-bond acceptors (Lipinski definition) is 5. The van der Waals surface area contributed by atoms with Gasteiger partial charge in [0.2, 0.25) is 5.91 Å². The number of thiophene rings is 1. The maximum Gasteiger partial charge on any atom is 0.262 e. The summed E-state index contributed by atoms with van der Waals surface area (Å²) in [7, 11) is 3.52. The third kappa shape index (κ3) is 3.19. The Bertz CT molecular complexity index is 1070. The smallest absolute Gasteiger partial charge is 0.262 e. The second-order valence-corrected chi connectivity index (χ2v) is 9.18. The maximum atomic E-state index is 12.9. The summed E-state index contributed by atoms with van der Waals surface area (Å²) in [6.07, 6.45) is 3.13. The Hall–Kier alpha value is -2.12. The third-order valence-corrected chi connectivity index (χ3v) is 7.33. The number of thioether (sulfide) groups is 1. The van der Waals surface area contributed by atoms with Crippen LogP contribution in [0.15, 0.2) is 40.3 Å². The molecule has 1 aromatic carbocycles. The minimum Gasteiger partial charge on any atom is -0.315 e. The van der Waals surface area contributed by atoms with Gasteiger partial charge in [0.15, 0.2) is 5.16 Å². The van der Waals surface area contributed by atoms with Crippen LogP contribution in [0.4, 0.5) is 5.69 Å². The lowest BCUT2D eigenvalue weighted by molar-refractivity contribution is -0.117. The maximum absolute atomic E-state index is 12.9. The van der Waals surface area contributed by atoms with Crippen LogP contribution in [0.5, 0.6) is 0 Å². The average molecular weight is 400 g/mol. The number of carbonyl (C=O) groups is 1. The van der Waals surface area contributed by atoms with E-state index in [1.807, 2.05) is 37.3 Å². The largest absolute Gasteiger partial charge is 0.315 e. The fraction of sp³-hybridized carbons (Fsp3) is 0.350. The van der Waals surface area contributed by atoms with E-state index in [0.29, 0.717) is 5.16 Å². The summed E-state index contributed by atoms with van der Waals surface area (Å²) >= 11 is 2.97. The van der Waals surface area contributed by atoms with Crippen LogP contribution in [-0.4, -0.2) is 27.8 Å². The van der Waals surface area contributed by atoms with Crippen LogP contribution < -0.4 is 10.5 Å². The number of carbonyl (C=O) groups excluding carboxylic acids is 1. The summed E-state index contributed by atoms with van der Waals surface area (Å²) in [5.74, 6) is -0.0192. The number of para-hydroxylation sites is 1. The molecule has 5 nitrogen and oxygen atoms in total. The Morgan fingerprint density at radius 3 is 2.78 bits per heavy atom. The molecule has 3 aromatic rings. The molecule has 0 aliphatic heterocycles. The summed E-state index contributed by atoms with van der Waals surface area (Å²) in [6, 6.07) is 9.55. The van der Waals surface area contributed by atoms with Crippen LogP contribution in [0, 0.1) is 0 Å². The van der Waals surface area contributed by atoms with E-state index in [2.05, 4.69) is 0 Å². The standard InChI is InChI=1S/C20H21N3O2S2/c1-12(18(24)22(2)13-8-5-4-6-9-13)26-20-21-17-16(19(25)23(20)3)14-10-7-11-15(14)27-17/h4-6,8-9,12H,7,10-11H2,1-3H3/t12-/m1/s1. The SMILES string of the molecule is C[C@@H](Sc1nc2sc3c(c2c(=O)n1C)CCC3)C(=O)N(C)c1ccccc1. The van der Waals surface area contributed by atoms with Gasteiger partial charge >= 0.3 is 0 Å². The van der Waals surface area contributed by atoms with E-state index in [1.165, 1.54) is 22.2 Å². The Morgan fingerprint density at radius 1 is 1.30 bits per heavy atom. The Balaban J connectivity index is 1.62. The zero-order valence-electron chi connectivity index (χ0n) is 15.6. The molecule has 2 heterocycles. The summed E-state index contributed by atoms with van der Waals surface area (Å²) in [4.78, 5) is 34.2. The first-order chi connectivity index (χ1) is 13.0. The lowest BCUT2D eigenvalue weighted by Gasteiger charge is -2.21. The molecular formula is C20H21N3O2S2. The van der Waals surface area contributed by atoms with Gasteiger partial charge in [-0.3, -0.25) is 14.2 Å². The predicted octanol–water partition coefficient (Wildman–Crippen LogP) is 3.63. The van der Waals surface area contributed by atoms with Crippen LogP contribution in [0.2, 0.25) is 0 Å². The highest BCUT2D eigenvalue weighted by molar-refractivity contribution is 8.00. The number of anilines is 1. The van der Waals surface area contributed by atoms with Crippen molar-refractivity contribution in [3.63, 3.8) is 0 Å². The second kappa shape index (κ2) is 7.13. The van der Waals surface area contributed by atoms with Crippen molar-refractivity contribution in [3.05, 3.63) is 51.1 Å². The van der Waals surface area contributed by atoms with Gasteiger partial charge in [0.05, 0.1) is 10.6 Å². The first-order valence-corrected chi connectivity index (χ1v) is 10.7. The van der Waals surface area contributed by atoms with E-state index >= 15 is 0 Å². The number of hydrogen-bond donors (Lipinski definition) is 0. The number of aromatic nitrogens is 2. The molecule has 140 valence electrons. The van der Waals surface area contributed by atoms with Crippen LogP contribution in [0.3, 0.4) is 0 Å². The number of amides is 1. The van der Waals surface area contributed by atoms with Crippen molar-refractivity contribution >= 4 is 44.9 Å². The van der Waals surface area contributed by atoms with Crippen molar-refractivity contribution in [2.45, 2.75) is 36.6 Å². The molecule has 1 aliphatic carbocycles. The van der Waals surface area contributed by atoms with E-state index < -0.39 is 0 Å². The molecule has 2 aromatic heterocycles. The molecule has 0 fully saturated rings. The number of aryl methyl sites for hydroxylation is 2. The van der Waals surface area contributed by atoms with E-state index in [4.69, 9.17) is 4.98 Å². The van der Waals surface area contributed by atoms with Crippen LogP contribution in [0.25, 0.3) is 10.2 Å². The molecule has 0 unspecified atom stereocenters. The van der Waals surface area contributed by atoms with E-state index in [1.54, 1.807) is 34.9 Å². The molecule has 1 atom stereocenters. The highest BCUT2D eigenvalue weighted by Crippen LogP contribution is 2.36. The molecule has 0 radical (unpaired) electrons. The van der Waals surface area contributed by atoms with Crippen LogP contribution >= 0.6 is 23.1 Å². The molecule has 0 saturated carbocycles. The van der Waals surface area contributed by atoms with Crippen LogP contribution in [-0.2, 0) is 24.7 Å². The van der Waals surface area contributed by atoms with Crippen molar-refractivity contribution < 1.29 is 4.79 Å². The quantitative estimate of drug-likeness (QED) is 0.497. The van der Waals surface area contributed by atoms with Gasteiger partial charge in [0.25, 0.3) is 5.56 Å². The minimum atomic E-state index is -0.349. The van der Waals surface area contributed by atoms with Crippen molar-refractivity contribution in [3.8, 4) is 0 Å². The summed E-state index contributed by atoms with van der Waals surface area (Å²) in [6.45, 7) is 1.86. The van der Waals surface area contributed by atoms with Gasteiger partial charge in [0.1, 0.15) is 4.83 Å². The number of benzene rings is 1. The van der Waals surface area contributed by atoms with Crippen molar-refractivity contribution in [2.75, 3.05) is 11.9 Å². The molecule has 0 saturated heterocycles. The number of rotatable bonds is 4. The molecule has 0 spiro atoms. The first kappa shape index (κ1) is 18.3. The van der Waals surface area contributed by atoms with Crippen molar-refractivity contribution in [1.29, 1.82) is 0 Å². The summed E-state index contributed by atoms with van der Waals surface area (Å²) < 4.78 is 1.59. The van der Waals surface area contributed by atoms with Gasteiger partial charge in [-0.1, -0.05) is 30.0 Å². The molecule has 0 bridgehead atoms. The topological polar surface area (TPSA) is 55.2 Å². The molecule has 7 heteroatoms. The second-order valence-electron chi connectivity index (χ2n) is 6.79. The molecule has 1 aliphatic rings. The van der Waals surface area contributed by atoms with Gasteiger partial charge in [0, 0.05) is 24.7 Å². The van der Waals surface area contributed by atoms with E-state index in [-0.39, 0.29) is 16.7 Å². The predicted molar refractivity (Wildman–Crippen MR) is 112 cm³/mol. The fourth-order valence-electron chi connectivity index (χ4n) is 3.47. The minimum absolute atomic E-state index is 0.00189. The van der Waals surface area contributed by atoms with Crippen LogP contribution in [0.1, 0.15) is 23.8 Å². The van der Waals surface area contributed by atoms with Gasteiger partial charge in [-0.15, -0.1) is 11.3 Å². The Kier molecular flexibility index (Phi) is 4.82. The first-order valence-electron chi connectivity index (χ1n) is 8.98. The van der Waals surface area contributed by atoms with Gasteiger partial charge in [-0.05, 0) is 43.9 Å². The number of fused-ring (bicyclic) bond motifs is 3. The third-order valence-electron chi connectivity index (χ3n) is 5.01. The molecular weight excluding hydrogens is 378 g/mol. The van der Waals surface area contributed by atoms with E-state index in [0.717, 1.165) is 35.2 Å². The lowest BCUT2D eigenvalue weighted by atomic mass is 10.2. The number of nitrogens with zero attached hydrogens (tertiary/aromatic N) is 3. The van der Waals surface area contributed by atoms with Gasteiger partial charge in [-0.25, -0.2) is 4.98 Å². The highest BCUT2D eigenvalue weighted by Gasteiger charge is 2.25. The summed E-state index contributed by atoms with van der Waals surface area (Å²) in [5.41, 5.74) is 2.03. The zero-order chi connectivity index (χ0) is 19.1. The van der Waals surface area contributed by atoms with E-state index in [9.17, 15) is 9.59 Å². The zero-order valence-corrected chi connectivity index (χ0v) is 17.2. The molecule has 27 heavy (non-hydrogen) atoms. The van der Waals surface area contributed by atoms with Crippen molar-refractivity contribution in [1.82, 2.24) is 9.55 Å². The molecule has 0 N–H and O–H groups in total. The van der Waals surface area contributed by atoms with Crippen molar-refractivity contribution in [2.24, 2.45) is 7.05 Å². The summed E-state index contributed by atoms with van der Waals surface area (Å²) in [5, 5.41) is 1.02. The normalized spacial score (nSPS) is 14.3. The lowest BCUT2D eigenvalue weighted by Crippen LogP contribution is -2.33. The fourth-order valence-corrected chi connectivity index (χ4v) is 5.74. The van der Waals surface area contributed by atoms with Gasteiger partial charge < -0.3 is 4.90 Å².